The molecule has 5 aliphatic heterocycles. The first-order valence-corrected chi connectivity index (χ1v) is 34.0. The van der Waals surface area contributed by atoms with Crippen LogP contribution in [0.3, 0.4) is 0 Å². The van der Waals surface area contributed by atoms with Crippen LogP contribution in [0.25, 0.3) is 22.3 Å². The molecule has 11 aromatic rings. The van der Waals surface area contributed by atoms with Crippen molar-refractivity contribution < 1.29 is 0 Å². The maximum atomic E-state index is 2.62. The lowest BCUT2D eigenvalue weighted by molar-refractivity contribution is 0.812. The molecule has 0 saturated carbocycles. The molecule has 0 N–H and O–H groups in total. The van der Waals surface area contributed by atoms with E-state index in [1.165, 1.54) is 141 Å². The quantitative estimate of drug-likeness (QED) is 0.153. The Morgan fingerprint density at radius 2 is 0.617 bits per heavy atom. The Hall–Kier alpha value is -8.13. The molecule has 11 aromatic carbocycles. The lowest BCUT2D eigenvalue weighted by Crippen LogP contribution is -2.75. The summed E-state index contributed by atoms with van der Waals surface area (Å²) in [5, 5.41) is 11.7. The highest BCUT2D eigenvalue weighted by Gasteiger charge is 2.56. The van der Waals surface area contributed by atoms with Gasteiger partial charge in [-0.15, -0.1) is 0 Å². The Morgan fingerprint density at radius 1 is 0.321 bits per heavy atom. The smallest absolute Gasteiger partial charge is 0.245 e. The summed E-state index contributed by atoms with van der Waals surface area (Å²) in [5.74, 6) is 1.02. The Morgan fingerprint density at radius 3 is 0.926 bits per heavy atom. The van der Waals surface area contributed by atoms with Crippen molar-refractivity contribution in [3.05, 3.63) is 259 Å². The van der Waals surface area contributed by atoms with Gasteiger partial charge >= 0.3 is 0 Å². The van der Waals surface area contributed by atoms with E-state index in [0.29, 0.717) is 17.8 Å². The molecule has 0 unspecified atom stereocenters. The van der Waals surface area contributed by atoms with Crippen molar-refractivity contribution in [1.82, 2.24) is 0 Å². The molecule has 0 atom stereocenters. The van der Waals surface area contributed by atoms with E-state index in [2.05, 4.69) is 294 Å². The summed E-state index contributed by atoms with van der Waals surface area (Å²) >= 11 is 1.95. The van der Waals surface area contributed by atoms with Gasteiger partial charge in [0.05, 0.1) is 0 Å². The minimum absolute atomic E-state index is 0.0404. The third kappa shape index (κ3) is 6.64. The normalized spacial score (nSPS) is 15.0. The monoisotopic (exact) mass is 1090 g/mol. The standard InChI is InChI=1S/C75H61BN2SSi2/c1-47(2)50-43-57(48(3)4)75(58(44-50)49(5)6)76-59-45-51(77-61-27-11-19-35-71(61)80(72-36-20-12-28-62(72)77)67-31-15-7-23-53(67)54-24-8-16-32-68(54)80)39-41-65(59)79-66-42-40-52(46-60(66)76)78-63-29-13-21-37-73(63)81(74-38-22-14-30-64(74)78)69-33-17-9-25-55(69)56-26-10-18-34-70(56)81/h7-49H,1-6H3. The summed E-state index contributed by atoms with van der Waals surface area (Å²) in [5.41, 5.74) is 21.6. The average molecular weight is 1090 g/mol. The lowest BCUT2D eigenvalue weighted by atomic mass is 9.34. The van der Waals surface area contributed by atoms with Crippen molar-refractivity contribution in [3.63, 3.8) is 0 Å². The second-order valence-electron chi connectivity index (χ2n) is 24.0. The number of hydrogen-bond donors (Lipinski definition) is 0. The Kier molecular flexibility index (Phi) is 10.9. The van der Waals surface area contributed by atoms with Crippen molar-refractivity contribution in [1.29, 1.82) is 0 Å². The zero-order valence-corrected chi connectivity index (χ0v) is 49.5. The van der Waals surface area contributed by atoms with Crippen molar-refractivity contribution in [3.8, 4) is 22.3 Å². The number of anilines is 6. The second kappa shape index (κ2) is 18.2. The molecule has 81 heavy (non-hydrogen) atoms. The molecule has 5 aliphatic rings. The molecule has 0 amide bonds. The van der Waals surface area contributed by atoms with Gasteiger partial charge in [-0.2, -0.15) is 0 Å². The Bertz CT molecular complexity index is 3980. The van der Waals surface area contributed by atoms with E-state index >= 15 is 0 Å². The van der Waals surface area contributed by atoms with Crippen LogP contribution in [0.2, 0.25) is 0 Å². The van der Waals surface area contributed by atoms with Crippen LogP contribution in [0, 0.1) is 0 Å². The zero-order valence-electron chi connectivity index (χ0n) is 46.7. The van der Waals surface area contributed by atoms with Crippen LogP contribution in [0.15, 0.2) is 252 Å². The topological polar surface area (TPSA) is 6.48 Å². The molecule has 0 bridgehead atoms. The molecule has 0 aliphatic carbocycles. The fourth-order valence-electron chi connectivity index (χ4n) is 15.6. The first-order chi connectivity index (χ1) is 39.7. The molecule has 0 saturated heterocycles. The molecule has 388 valence electrons. The maximum Gasteiger partial charge on any atom is 0.245 e. The Balaban J connectivity index is 0.930. The third-order valence-corrected chi connectivity index (χ3v) is 30.0. The van der Waals surface area contributed by atoms with E-state index in [1.807, 2.05) is 11.8 Å². The fourth-order valence-corrected chi connectivity index (χ4v) is 27.8. The third-order valence-electron chi connectivity index (χ3n) is 18.9. The highest BCUT2D eigenvalue weighted by atomic mass is 32.2. The van der Waals surface area contributed by atoms with Crippen LogP contribution in [-0.4, -0.2) is 22.9 Å². The van der Waals surface area contributed by atoms with Gasteiger partial charge < -0.3 is 9.80 Å². The first kappa shape index (κ1) is 48.7. The average Bonchev–Trinajstić information content (AvgIpc) is 2.32. The molecular weight excluding hydrogens is 1030 g/mol. The number of hydrogen-bond acceptors (Lipinski definition) is 3. The summed E-state index contributed by atoms with van der Waals surface area (Å²) < 4.78 is 0. The highest BCUT2D eigenvalue weighted by Crippen LogP contribution is 2.45. The number of fused-ring (bicyclic) bond motifs is 20. The number of para-hydroxylation sites is 4. The summed E-state index contributed by atoms with van der Waals surface area (Å²) in [6, 6.07) is 94.9. The van der Waals surface area contributed by atoms with Crippen LogP contribution in [-0.2, 0) is 0 Å². The number of rotatable bonds is 6. The van der Waals surface area contributed by atoms with E-state index in [4.69, 9.17) is 0 Å². The SMILES string of the molecule is CC(C)c1cc(C(C)C)c(B2c3cc(N4c5ccccc5[Si]5(c6ccccc6-c6ccccc65)c5ccccc54)ccc3Sc3ccc(N4c5ccccc5[Si]5(c6ccccc6-c6ccccc65)c5ccccc54)cc32)c(C(C)C)c1. The van der Waals surface area contributed by atoms with Crippen LogP contribution in [0.5, 0.6) is 0 Å². The van der Waals surface area contributed by atoms with Crippen molar-refractivity contribution in [2.24, 2.45) is 0 Å². The van der Waals surface area contributed by atoms with E-state index in [9.17, 15) is 0 Å². The van der Waals surface area contributed by atoms with Crippen molar-refractivity contribution in [2.45, 2.75) is 69.1 Å². The second-order valence-corrected chi connectivity index (χ2v) is 32.4. The molecule has 0 radical (unpaired) electrons. The highest BCUT2D eigenvalue weighted by molar-refractivity contribution is 8.00. The first-order valence-electron chi connectivity index (χ1n) is 29.2. The van der Waals surface area contributed by atoms with Gasteiger partial charge in [-0.05, 0) is 159 Å². The molecule has 0 fully saturated rings. The van der Waals surface area contributed by atoms with Crippen molar-refractivity contribution in [2.75, 3.05) is 9.80 Å². The van der Waals surface area contributed by atoms with Gasteiger partial charge in [0.1, 0.15) is 0 Å². The van der Waals surface area contributed by atoms with Crippen LogP contribution in [0.1, 0.15) is 76.0 Å². The number of nitrogens with zero attached hydrogens (tertiary/aromatic N) is 2. The predicted molar refractivity (Wildman–Crippen MR) is 352 cm³/mol. The lowest BCUT2D eigenvalue weighted by Gasteiger charge is -2.44. The molecule has 16 rings (SSSR count). The summed E-state index contributed by atoms with van der Waals surface area (Å²) in [7, 11) is -5.48. The predicted octanol–water partition coefficient (Wildman–Crippen LogP) is 12.3. The van der Waals surface area contributed by atoms with Crippen LogP contribution < -0.4 is 67.7 Å². The zero-order chi connectivity index (χ0) is 54.5. The molecule has 2 nitrogen and oxygen atoms in total. The molecule has 0 aromatic heterocycles. The molecule has 5 heterocycles. The Labute approximate surface area is 483 Å². The van der Waals surface area contributed by atoms with E-state index in [1.54, 1.807) is 0 Å². The maximum absolute atomic E-state index is 2.74. The van der Waals surface area contributed by atoms with Gasteiger partial charge in [-0.25, -0.2) is 0 Å². The van der Waals surface area contributed by atoms with E-state index in [0.717, 1.165) is 0 Å². The van der Waals surface area contributed by atoms with Gasteiger partial charge in [-0.1, -0.05) is 252 Å². The minimum atomic E-state index is -2.74. The van der Waals surface area contributed by atoms with Gasteiger partial charge in [0.15, 0.2) is 16.1 Å². The summed E-state index contributed by atoms with van der Waals surface area (Å²) in [6.45, 7) is 14.3. The van der Waals surface area contributed by atoms with Gasteiger partial charge in [-0.3, -0.25) is 0 Å². The van der Waals surface area contributed by atoms with Crippen LogP contribution in [0.4, 0.5) is 34.1 Å². The number of benzene rings is 11. The largest absolute Gasteiger partial charge is 0.311 e. The summed E-state index contributed by atoms with van der Waals surface area (Å²) in [6.07, 6.45) is 0. The van der Waals surface area contributed by atoms with E-state index in [-0.39, 0.29) is 6.71 Å². The molecule has 2 spiro atoms. The van der Waals surface area contributed by atoms with Gasteiger partial charge in [0.25, 0.3) is 0 Å². The van der Waals surface area contributed by atoms with Crippen molar-refractivity contribution >= 4 is 127 Å². The molecule has 6 heteroatoms. The van der Waals surface area contributed by atoms with Gasteiger partial charge in [0, 0.05) is 43.9 Å². The van der Waals surface area contributed by atoms with Crippen LogP contribution >= 0.6 is 11.8 Å². The van der Waals surface area contributed by atoms with Gasteiger partial charge in [0.2, 0.25) is 6.71 Å². The van der Waals surface area contributed by atoms with E-state index < -0.39 is 16.1 Å². The fraction of sp³-hybridized carbons (Fsp3) is 0.120. The summed E-state index contributed by atoms with van der Waals surface area (Å²) in [4.78, 5) is 7.89. The molecular formula is C75H61BN2SSi2. The minimum Gasteiger partial charge on any atom is -0.311 e.